The summed E-state index contributed by atoms with van der Waals surface area (Å²) in [5, 5.41) is 18.7. The third-order valence-corrected chi connectivity index (χ3v) is 4.86. The molecule has 0 fully saturated rings. The molecule has 0 bridgehead atoms. The molecule has 0 heterocycles. The number of aliphatic carboxylic acids is 2. The van der Waals surface area contributed by atoms with Gasteiger partial charge < -0.3 is 19.7 Å². The number of carboxylic acids is 2. The quantitative estimate of drug-likeness (QED) is 0.462. The molecule has 0 aromatic heterocycles. The maximum Gasteiger partial charge on any atom is 0.349 e. The van der Waals surface area contributed by atoms with Gasteiger partial charge in [-0.1, -0.05) is 56.1 Å². The van der Waals surface area contributed by atoms with E-state index >= 15 is 0 Å². The maximum absolute atomic E-state index is 12.1. The minimum Gasteiger partial charge on any atom is -0.478 e. The van der Waals surface area contributed by atoms with Crippen LogP contribution in [0.2, 0.25) is 0 Å². The zero-order valence-corrected chi connectivity index (χ0v) is 18.5. The summed E-state index contributed by atoms with van der Waals surface area (Å²) in [5.74, 6) is -5.44. The topological polar surface area (TPSA) is 127 Å². The van der Waals surface area contributed by atoms with Gasteiger partial charge in [-0.3, -0.25) is 9.59 Å². The molecule has 0 radical (unpaired) electrons. The van der Waals surface area contributed by atoms with Gasteiger partial charge >= 0.3 is 23.9 Å². The number of hydrogen-bond donors (Lipinski definition) is 2. The largest absolute Gasteiger partial charge is 0.478 e. The Hall–Kier alpha value is -2.72. The Morgan fingerprint density at radius 2 is 0.967 bits per heavy atom. The molecule has 0 unspecified atom stereocenters. The summed E-state index contributed by atoms with van der Waals surface area (Å²) in [5.41, 5.74) is 1.07. The number of hydrogen-bond acceptors (Lipinski definition) is 6. The van der Waals surface area contributed by atoms with Gasteiger partial charge in [0.25, 0.3) is 0 Å². The average molecular weight is 544 g/mol. The second-order valence-electron chi connectivity index (χ2n) is 6.10. The molecule has 10 heteroatoms. The normalized spacial score (nSPS) is 12.5. The Morgan fingerprint density at radius 3 is 1.23 bits per heavy atom. The molecule has 0 saturated heterocycles. The van der Waals surface area contributed by atoms with Crippen LogP contribution < -0.4 is 0 Å². The van der Waals surface area contributed by atoms with Crippen LogP contribution in [-0.4, -0.2) is 46.3 Å². The van der Waals surface area contributed by atoms with E-state index in [1.807, 2.05) is 0 Å². The number of benzene rings is 2. The summed E-state index contributed by atoms with van der Waals surface area (Å²) in [6.45, 7) is 0. The lowest BCUT2D eigenvalue weighted by atomic mass is 10.1. The highest BCUT2D eigenvalue weighted by molar-refractivity contribution is 9.10. The van der Waals surface area contributed by atoms with Gasteiger partial charge in [-0.25, -0.2) is 9.59 Å². The molecule has 30 heavy (non-hydrogen) atoms. The number of carbonyl (C=O) groups is 4. The molecule has 2 rings (SSSR count). The van der Waals surface area contributed by atoms with Crippen LogP contribution in [0.1, 0.15) is 11.1 Å². The van der Waals surface area contributed by atoms with Crippen LogP contribution in [0, 0.1) is 0 Å². The summed E-state index contributed by atoms with van der Waals surface area (Å²) in [7, 11) is 0. The smallest absolute Gasteiger partial charge is 0.349 e. The van der Waals surface area contributed by atoms with Crippen molar-refractivity contribution in [3.63, 3.8) is 0 Å². The standard InChI is InChI=1S/C20H16Br2O8/c21-13-5-1-11(2-6-13)9-15(23)29-17(19(25)26)18(20(27)28)30-16(24)10-12-3-7-14(22)8-4-12/h1-8,17-18H,9-10H2,(H,25,26)(H,27,28)/t17-,18-/m1/s1. The van der Waals surface area contributed by atoms with Gasteiger partial charge in [-0.15, -0.1) is 0 Å². The predicted octanol–water partition coefficient (Wildman–Crippen LogP) is 2.99. The summed E-state index contributed by atoms with van der Waals surface area (Å²) < 4.78 is 11.2. The third kappa shape index (κ3) is 7.27. The molecule has 0 aliphatic heterocycles. The van der Waals surface area contributed by atoms with Crippen molar-refractivity contribution in [2.75, 3.05) is 0 Å². The lowest BCUT2D eigenvalue weighted by molar-refractivity contribution is -0.187. The molecule has 158 valence electrons. The second kappa shape index (κ2) is 10.9. The molecule has 2 atom stereocenters. The Morgan fingerprint density at radius 1 is 0.667 bits per heavy atom. The SMILES string of the molecule is O=C(Cc1ccc(Br)cc1)O[C@@H](C(=O)O)[C@@H](OC(=O)Cc1ccc(Br)cc1)C(=O)O. The number of esters is 2. The van der Waals surface area contributed by atoms with Crippen LogP contribution in [0.5, 0.6) is 0 Å². The number of halogens is 2. The van der Waals surface area contributed by atoms with Gasteiger partial charge in [0.2, 0.25) is 12.2 Å². The lowest BCUT2D eigenvalue weighted by Gasteiger charge is -2.21. The molecule has 0 saturated carbocycles. The molecule has 2 aromatic rings. The van der Waals surface area contributed by atoms with Crippen molar-refractivity contribution in [1.82, 2.24) is 0 Å². The van der Waals surface area contributed by atoms with Crippen LogP contribution in [-0.2, 0) is 41.5 Å². The number of carboxylic acid groups (broad SMARTS) is 2. The molecule has 0 aliphatic rings. The van der Waals surface area contributed by atoms with Crippen LogP contribution in [0.15, 0.2) is 57.5 Å². The minimum absolute atomic E-state index is 0.282. The van der Waals surface area contributed by atoms with Crippen molar-refractivity contribution in [3.05, 3.63) is 68.6 Å². The van der Waals surface area contributed by atoms with Gasteiger partial charge in [0.05, 0.1) is 12.8 Å². The second-order valence-corrected chi connectivity index (χ2v) is 7.94. The first kappa shape index (κ1) is 23.6. The molecule has 0 spiro atoms. The van der Waals surface area contributed by atoms with Crippen LogP contribution >= 0.6 is 31.9 Å². The van der Waals surface area contributed by atoms with E-state index in [4.69, 9.17) is 9.47 Å². The van der Waals surface area contributed by atoms with Crippen LogP contribution in [0.4, 0.5) is 0 Å². The van der Waals surface area contributed by atoms with Gasteiger partial charge in [-0.05, 0) is 35.4 Å². The van der Waals surface area contributed by atoms with Gasteiger partial charge in [0, 0.05) is 8.95 Å². The van der Waals surface area contributed by atoms with E-state index < -0.39 is 36.1 Å². The molecule has 2 aromatic carbocycles. The van der Waals surface area contributed by atoms with E-state index in [2.05, 4.69) is 31.9 Å². The fourth-order valence-electron chi connectivity index (χ4n) is 2.39. The fraction of sp³-hybridized carbons (Fsp3) is 0.200. The van der Waals surface area contributed by atoms with Crippen LogP contribution in [0.3, 0.4) is 0 Å². The van der Waals surface area contributed by atoms with Gasteiger partial charge in [0.15, 0.2) is 0 Å². The lowest BCUT2D eigenvalue weighted by Crippen LogP contribution is -2.46. The van der Waals surface area contributed by atoms with Gasteiger partial charge in [-0.2, -0.15) is 0 Å². The monoisotopic (exact) mass is 542 g/mol. The van der Waals surface area contributed by atoms with Crippen molar-refractivity contribution in [2.24, 2.45) is 0 Å². The number of ether oxygens (including phenoxy) is 2. The zero-order chi connectivity index (χ0) is 22.3. The van der Waals surface area contributed by atoms with Crippen molar-refractivity contribution < 1.29 is 38.9 Å². The Labute approximate surface area is 188 Å². The summed E-state index contributed by atoms with van der Waals surface area (Å²) >= 11 is 6.49. The highest BCUT2D eigenvalue weighted by Crippen LogP contribution is 2.15. The molecular weight excluding hydrogens is 528 g/mol. The average Bonchev–Trinajstić information content (AvgIpc) is 2.68. The van der Waals surface area contributed by atoms with Crippen molar-refractivity contribution in [1.29, 1.82) is 0 Å². The van der Waals surface area contributed by atoms with E-state index in [-0.39, 0.29) is 12.8 Å². The van der Waals surface area contributed by atoms with E-state index in [1.54, 1.807) is 48.5 Å². The first-order valence-electron chi connectivity index (χ1n) is 8.49. The van der Waals surface area contributed by atoms with E-state index in [0.29, 0.717) is 11.1 Å². The number of rotatable bonds is 9. The predicted molar refractivity (Wildman–Crippen MR) is 111 cm³/mol. The molecule has 0 aliphatic carbocycles. The summed E-state index contributed by atoms with van der Waals surface area (Å²) in [4.78, 5) is 47.2. The fourth-order valence-corrected chi connectivity index (χ4v) is 2.92. The minimum atomic E-state index is -2.20. The molecule has 2 N–H and O–H groups in total. The van der Waals surface area contributed by atoms with E-state index in [9.17, 15) is 29.4 Å². The van der Waals surface area contributed by atoms with Crippen molar-refractivity contribution in [3.8, 4) is 0 Å². The van der Waals surface area contributed by atoms with E-state index in [1.165, 1.54) is 0 Å². The molecular formula is C20H16Br2O8. The highest BCUT2D eigenvalue weighted by atomic mass is 79.9. The number of carbonyl (C=O) groups excluding carboxylic acids is 2. The van der Waals surface area contributed by atoms with Crippen molar-refractivity contribution in [2.45, 2.75) is 25.0 Å². The molecule has 0 amide bonds. The van der Waals surface area contributed by atoms with Gasteiger partial charge in [0.1, 0.15) is 0 Å². The van der Waals surface area contributed by atoms with E-state index in [0.717, 1.165) is 8.95 Å². The molecule has 8 nitrogen and oxygen atoms in total. The summed E-state index contributed by atoms with van der Waals surface area (Å²) in [6, 6.07) is 13.2. The summed E-state index contributed by atoms with van der Waals surface area (Å²) in [6.07, 6.45) is -4.95. The Bertz CT molecular complexity index is 847. The highest BCUT2D eigenvalue weighted by Gasteiger charge is 2.40. The Balaban J connectivity index is 2.06. The first-order valence-corrected chi connectivity index (χ1v) is 10.1. The van der Waals surface area contributed by atoms with Crippen molar-refractivity contribution >= 4 is 55.7 Å². The Kier molecular flexibility index (Phi) is 8.55. The first-order chi connectivity index (χ1) is 14.2. The van der Waals surface area contributed by atoms with Crippen LogP contribution in [0.25, 0.3) is 0 Å². The zero-order valence-electron chi connectivity index (χ0n) is 15.3. The maximum atomic E-state index is 12.1. The third-order valence-electron chi connectivity index (χ3n) is 3.80.